The maximum absolute atomic E-state index is 10.7. The second-order valence-electron chi connectivity index (χ2n) is 4.42. The van der Waals surface area contributed by atoms with Gasteiger partial charge < -0.3 is 10.4 Å². The third-order valence-electron chi connectivity index (χ3n) is 3.24. The van der Waals surface area contributed by atoms with Gasteiger partial charge in [0.2, 0.25) is 0 Å². The number of hydrogen-bond donors (Lipinski definition) is 2. The summed E-state index contributed by atoms with van der Waals surface area (Å²) < 4.78 is 0. The summed E-state index contributed by atoms with van der Waals surface area (Å²) in [5.74, 6) is -1.00. The van der Waals surface area contributed by atoms with E-state index >= 15 is 0 Å². The van der Waals surface area contributed by atoms with Crippen molar-refractivity contribution < 1.29 is 9.90 Å². The molecule has 3 nitrogen and oxygen atoms in total. The predicted molar refractivity (Wildman–Crippen MR) is 56.3 cm³/mol. The lowest BCUT2D eigenvalue weighted by Gasteiger charge is -2.28. The summed E-state index contributed by atoms with van der Waals surface area (Å²) in [5, 5.41) is 12.3. The summed E-state index contributed by atoms with van der Waals surface area (Å²) in [5.41, 5.74) is 0. The van der Waals surface area contributed by atoms with Gasteiger partial charge in [-0.25, -0.2) is 0 Å². The Bertz CT molecular complexity index is 188. The van der Waals surface area contributed by atoms with Crippen LogP contribution >= 0.6 is 0 Å². The number of carbonyl (C=O) groups is 1. The average molecular weight is 199 g/mol. The van der Waals surface area contributed by atoms with E-state index in [4.69, 9.17) is 5.11 Å². The van der Waals surface area contributed by atoms with Crippen molar-refractivity contribution in [3.8, 4) is 0 Å². The van der Waals surface area contributed by atoms with E-state index < -0.39 is 5.97 Å². The largest absolute Gasteiger partial charge is 0.481 e. The van der Waals surface area contributed by atoms with Crippen LogP contribution in [0.3, 0.4) is 0 Å². The fraction of sp³-hybridized carbons (Fsp3) is 0.909. The topological polar surface area (TPSA) is 49.3 Å². The Morgan fingerprint density at radius 1 is 1.29 bits per heavy atom. The van der Waals surface area contributed by atoms with Crippen LogP contribution in [0.4, 0.5) is 0 Å². The maximum Gasteiger partial charge on any atom is 0.307 e. The zero-order valence-electron chi connectivity index (χ0n) is 9.12. The molecular weight excluding hydrogens is 178 g/mol. The maximum atomic E-state index is 10.7. The third kappa shape index (κ3) is 3.29. The second-order valence-corrected chi connectivity index (χ2v) is 4.42. The molecule has 0 bridgehead atoms. The first-order valence-electron chi connectivity index (χ1n) is 5.60. The highest BCUT2D eigenvalue weighted by molar-refractivity contribution is 5.70. The van der Waals surface area contributed by atoms with Gasteiger partial charge in [0.05, 0.1) is 5.92 Å². The van der Waals surface area contributed by atoms with Crippen molar-refractivity contribution in [2.75, 3.05) is 0 Å². The SMILES string of the molecule is CC(NC1CCCCC1)C(C)C(=O)O. The van der Waals surface area contributed by atoms with Gasteiger partial charge in [0, 0.05) is 12.1 Å². The second kappa shape index (κ2) is 5.35. The zero-order chi connectivity index (χ0) is 10.6. The Morgan fingerprint density at radius 2 is 1.86 bits per heavy atom. The summed E-state index contributed by atoms with van der Waals surface area (Å²) in [6.45, 7) is 3.73. The molecule has 1 aliphatic rings. The minimum Gasteiger partial charge on any atom is -0.481 e. The molecule has 2 unspecified atom stereocenters. The predicted octanol–water partition coefficient (Wildman–Crippen LogP) is 2.02. The lowest BCUT2D eigenvalue weighted by Crippen LogP contribution is -2.43. The monoisotopic (exact) mass is 199 g/mol. The van der Waals surface area contributed by atoms with E-state index in [2.05, 4.69) is 5.32 Å². The first-order valence-corrected chi connectivity index (χ1v) is 5.60. The van der Waals surface area contributed by atoms with Gasteiger partial charge in [-0.05, 0) is 19.8 Å². The quantitative estimate of drug-likeness (QED) is 0.728. The molecule has 1 saturated carbocycles. The lowest BCUT2D eigenvalue weighted by molar-refractivity contribution is -0.142. The molecule has 82 valence electrons. The van der Waals surface area contributed by atoms with Crippen molar-refractivity contribution in [3.05, 3.63) is 0 Å². The molecule has 3 heteroatoms. The molecule has 0 aromatic carbocycles. The van der Waals surface area contributed by atoms with Crippen molar-refractivity contribution in [1.29, 1.82) is 0 Å². The van der Waals surface area contributed by atoms with Crippen LogP contribution < -0.4 is 5.32 Å². The molecular formula is C11H21NO2. The van der Waals surface area contributed by atoms with Gasteiger partial charge in [0.15, 0.2) is 0 Å². The van der Waals surface area contributed by atoms with Crippen LogP contribution in [0.15, 0.2) is 0 Å². The smallest absolute Gasteiger partial charge is 0.307 e. The normalized spacial score (nSPS) is 23.0. The van der Waals surface area contributed by atoms with Gasteiger partial charge in [-0.1, -0.05) is 26.2 Å². The summed E-state index contributed by atoms with van der Waals surface area (Å²) >= 11 is 0. The molecule has 0 radical (unpaired) electrons. The lowest BCUT2D eigenvalue weighted by atomic mass is 9.93. The van der Waals surface area contributed by atoms with Gasteiger partial charge in [0.1, 0.15) is 0 Å². The van der Waals surface area contributed by atoms with Gasteiger partial charge in [-0.3, -0.25) is 4.79 Å². The van der Waals surface area contributed by atoms with Crippen molar-refractivity contribution in [1.82, 2.24) is 5.32 Å². The van der Waals surface area contributed by atoms with Crippen molar-refractivity contribution >= 4 is 5.97 Å². The summed E-state index contributed by atoms with van der Waals surface area (Å²) in [6.07, 6.45) is 6.31. The van der Waals surface area contributed by atoms with Gasteiger partial charge >= 0.3 is 5.97 Å². The molecule has 14 heavy (non-hydrogen) atoms. The van der Waals surface area contributed by atoms with Crippen LogP contribution in [0, 0.1) is 5.92 Å². The molecule has 0 aromatic rings. The number of rotatable bonds is 4. The van der Waals surface area contributed by atoms with E-state index in [0.29, 0.717) is 6.04 Å². The first kappa shape index (κ1) is 11.5. The van der Waals surface area contributed by atoms with Gasteiger partial charge in [-0.15, -0.1) is 0 Å². The Kier molecular flexibility index (Phi) is 4.39. The van der Waals surface area contributed by atoms with Crippen LogP contribution in [0.25, 0.3) is 0 Å². The van der Waals surface area contributed by atoms with Crippen LogP contribution in [0.2, 0.25) is 0 Å². The van der Waals surface area contributed by atoms with E-state index in [1.54, 1.807) is 6.92 Å². The van der Waals surface area contributed by atoms with Crippen LogP contribution in [0.5, 0.6) is 0 Å². The average Bonchev–Trinajstić information content (AvgIpc) is 2.18. The fourth-order valence-corrected chi connectivity index (χ4v) is 2.00. The number of carboxylic acid groups (broad SMARTS) is 1. The Labute approximate surface area is 85.9 Å². The molecule has 0 saturated heterocycles. The summed E-state index contributed by atoms with van der Waals surface area (Å²) in [7, 11) is 0. The minimum atomic E-state index is -0.708. The zero-order valence-corrected chi connectivity index (χ0v) is 9.12. The van der Waals surface area contributed by atoms with E-state index in [1.165, 1.54) is 32.1 Å². The highest BCUT2D eigenvalue weighted by Crippen LogP contribution is 2.18. The molecule has 0 aromatic heterocycles. The van der Waals surface area contributed by atoms with Crippen molar-refractivity contribution in [3.63, 3.8) is 0 Å². The van der Waals surface area contributed by atoms with Crippen LogP contribution in [-0.2, 0) is 4.79 Å². The van der Waals surface area contributed by atoms with Gasteiger partial charge in [0.25, 0.3) is 0 Å². The molecule has 0 spiro atoms. The van der Waals surface area contributed by atoms with Crippen molar-refractivity contribution in [2.24, 2.45) is 5.92 Å². The van der Waals surface area contributed by atoms with E-state index in [9.17, 15) is 4.79 Å². The highest BCUT2D eigenvalue weighted by atomic mass is 16.4. The minimum absolute atomic E-state index is 0.0793. The molecule has 0 amide bonds. The number of hydrogen-bond acceptors (Lipinski definition) is 2. The van der Waals surface area contributed by atoms with E-state index in [0.717, 1.165) is 0 Å². The van der Waals surface area contributed by atoms with Crippen LogP contribution in [-0.4, -0.2) is 23.2 Å². The number of aliphatic carboxylic acids is 1. The third-order valence-corrected chi connectivity index (χ3v) is 3.24. The molecule has 1 aliphatic carbocycles. The Morgan fingerprint density at radius 3 is 2.36 bits per heavy atom. The summed E-state index contributed by atoms with van der Waals surface area (Å²) in [4.78, 5) is 10.7. The molecule has 2 N–H and O–H groups in total. The molecule has 1 fully saturated rings. The Hall–Kier alpha value is -0.570. The number of nitrogens with one attached hydrogen (secondary N) is 1. The van der Waals surface area contributed by atoms with E-state index in [-0.39, 0.29) is 12.0 Å². The summed E-state index contributed by atoms with van der Waals surface area (Å²) in [6, 6.07) is 0.621. The van der Waals surface area contributed by atoms with Crippen molar-refractivity contribution in [2.45, 2.75) is 58.0 Å². The molecule has 1 rings (SSSR count). The number of carboxylic acids is 1. The molecule has 2 atom stereocenters. The highest BCUT2D eigenvalue weighted by Gasteiger charge is 2.22. The standard InChI is InChI=1S/C11H21NO2/c1-8(11(13)14)9(2)12-10-6-4-3-5-7-10/h8-10,12H,3-7H2,1-2H3,(H,13,14). The Balaban J connectivity index is 2.31. The first-order chi connectivity index (χ1) is 6.61. The molecule has 0 heterocycles. The molecule has 0 aliphatic heterocycles. The van der Waals surface area contributed by atoms with Crippen LogP contribution in [0.1, 0.15) is 46.0 Å². The fourth-order valence-electron chi connectivity index (χ4n) is 2.00. The van der Waals surface area contributed by atoms with E-state index in [1.807, 2.05) is 6.92 Å². The van der Waals surface area contributed by atoms with Gasteiger partial charge in [-0.2, -0.15) is 0 Å².